The van der Waals surface area contributed by atoms with Crippen molar-refractivity contribution in [1.82, 2.24) is 24.2 Å². The van der Waals surface area contributed by atoms with E-state index in [1.165, 1.54) is 12.4 Å². The van der Waals surface area contributed by atoms with E-state index in [0.717, 1.165) is 0 Å². The van der Waals surface area contributed by atoms with E-state index in [0.29, 0.717) is 42.9 Å². The molecule has 1 aliphatic rings. The number of fused-ring (bicyclic) bond motifs is 1. The zero-order valence-electron chi connectivity index (χ0n) is 18.7. The molecule has 9 nitrogen and oxygen atoms in total. The maximum absolute atomic E-state index is 14.9. The van der Waals surface area contributed by atoms with Crippen LogP contribution in [-0.4, -0.2) is 56.2 Å². The van der Waals surface area contributed by atoms with E-state index in [2.05, 4.69) is 33.8 Å². The third-order valence-electron chi connectivity index (χ3n) is 5.83. The molecule has 3 heterocycles. The molecule has 3 aromatic rings. The first kappa shape index (κ1) is 23.3. The molecule has 1 aliphatic heterocycles. The Balaban J connectivity index is 1.77. The fourth-order valence-corrected chi connectivity index (χ4v) is 4.34. The van der Waals surface area contributed by atoms with E-state index < -0.39 is 11.7 Å². The van der Waals surface area contributed by atoms with Crippen LogP contribution in [0.25, 0.3) is 11.0 Å². The first-order valence-corrected chi connectivity index (χ1v) is 11.0. The average molecular weight is 484 g/mol. The molecule has 0 spiro atoms. The maximum Gasteiger partial charge on any atom is 0.255 e. The summed E-state index contributed by atoms with van der Waals surface area (Å²) in [6.45, 7) is 6.87. The largest absolute Gasteiger partial charge is 0.373 e. The zero-order valence-corrected chi connectivity index (χ0v) is 19.5. The molecule has 11 heteroatoms. The Kier molecular flexibility index (Phi) is 6.30. The summed E-state index contributed by atoms with van der Waals surface area (Å²) in [6.07, 6.45) is 3.43. The van der Waals surface area contributed by atoms with Crippen molar-refractivity contribution in [3.05, 3.63) is 52.7 Å². The summed E-state index contributed by atoms with van der Waals surface area (Å²) in [5.74, 6) is 4.53. The third-order valence-corrected chi connectivity index (χ3v) is 6.20. The number of nitrogens with two attached hydrogens (primary N) is 1. The fourth-order valence-electron chi connectivity index (χ4n) is 4.15. The summed E-state index contributed by atoms with van der Waals surface area (Å²) in [5, 5.41) is 7.33. The highest BCUT2D eigenvalue weighted by Crippen LogP contribution is 2.30. The molecule has 4 rings (SSSR count). The summed E-state index contributed by atoms with van der Waals surface area (Å²) < 4.78 is 18.2. The third kappa shape index (κ3) is 3.88. The smallest absolute Gasteiger partial charge is 0.255 e. The number of halogens is 2. The molecule has 3 N–H and O–H groups in total. The van der Waals surface area contributed by atoms with Gasteiger partial charge in [-0.1, -0.05) is 24.1 Å². The predicted octanol–water partition coefficient (Wildman–Crippen LogP) is 2.55. The number of aromatic nitrogens is 4. The first-order valence-electron chi connectivity index (χ1n) is 10.7. The summed E-state index contributed by atoms with van der Waals surface area (Å²) in [7, 11) is 1.64. The highest BCUT2D eigenvalue weighted by atomic mass is 35.5. The second-order valence-electron chi connectivity index (χ2n) is 7.76. The maximum atomic E-state index is 14.9. The van der Waals surface area contributed by atoms with Crippen LogP contribution in [0.15, 0.2) is 25.0 Å². The zero-order chi connectivity index (χ0) is 24.6. The quantitative estimate of drug-likeness (QED) is 0.428. The van der Waals surface area contributed by atoms with Crippen LogP contribution in [0.2, 0.25) is 5.02 Å². The van der Waals surface area contributed by atoms with Gasteiger partial charge in [-0.3, -0.25) is 9.59 Å². The molecule has 0 radical (unpaired) electrons. The van der Waals surface area contributed by atoms with Crippen molar-refractivity contribution >= 4 is 40.3 Å². The number of likely N-dealkylation sites (tertiary alicyclic amines) is 1. The van der Waals surface area contributed by atoms with Gasteiger partial charge in [0.25, 0.3) is 5.91 Å². The Bertz CT molecular complexity index is 1380. The lowest BCUT2D eigenvalue weighted by atomic mass is 10.1. The van der Waals surface area contributed by atoms with Crippen LogP contribution in [0.4, 0.5) is 10.2 Å². The van der Waals surface area contributed by atoms with E-state index >= 15 is 0 Å². The van der Waals surface area contributed by atoms with Crippen LogP contribution in [0, 0.1) is 17.7 Å². The number of nitrogens with one attached hydrogen (secondary N) is 1. The molecule has 2 aromatic heterocycles. The Morgan fingerprint density at radius 2 is 2.21 bits per heavy atom. The number of primary amides is 1. The SMILES string of the molecule is C=CC(=O)N1CCC(n2nc(C#Cc3cc4ncn(CC)c4c(F)c3Cl)c(C(N)=O)c2NC)C1. The predicted molar refractivity (Wildman–Crippen MR) is 127 cm³/mol. The minimum absolute atomic E-state index is 0.108. The highest BCUT2D eigenvalue weighted by Gasteiger charge is 2.31. The average Bonchev–Trinajstić information content (AvgIpc) is 3.55. The molecule has 1 unspecified atom stereocenters. The standard InChI is InChI=1S/C23H23ClFN7O2/c1-4-17(33)31-9-8-14(11-31)32-23(27-3)18(22(26)34)15(29-32)7-6-13-10-16-21(20(25)19(13)24)30(5-2)12-28-16/h4,10,12,14,27H,1,5,8-9,11H2,2-3H3,(H2,26,34). The monoisotopic (exact) mass is 483 g/mol. The van der Waals surface area contributed by atoms with Gasteiger partial charge in [0.1, 0.15) is 16.9 Å². The second-order valence-corrected chi connectivity index (χ2v) is 8.14. The molecule has 176 valence electrons. The number of imidazole rings is 1. The van der Waals surface area contributed by atoms with Crippen molar-refractivity contribution in [3.8, 4) is 11.8 Å². The van der Waals surface area contributed by atoms with Gasteiger partial charge in [0.05, 0.1) is 22.9 Å². The van der Waals surface area contributed by atoms with Crippen molar-refractivity contribution in [2.45, 2.75) is 25.9 Å². The number of aryl methyl sites for hydroxylation is 1. The molecule has 1 saturated heterocycles. The van der Waals surface area contributed by atoms with Crippen LogP contribution < -0.4 is 11.1 Å². The number of carbonyl (C=O) groups is 2. The van der Waals surface area contributed by atoms with Crippen molar-refractivity contribution in [1.29, 1.82) is 0 Å². The first-order chi connectivity index (χ1) is 16.3. The van der Waals surface area contributed by atoms with E-state index in [1.54, 1.807) is 27.3 Å². The Morgan fingerprint density at radius 3 is 2.85 bits per heavy atom. The van der Waals surface area contributed by atoms with Gasteiger partial charge >= 0.3 is 0 Å². The van der Waals surface area contributed by atoms with Gasteiger partial charge in [-0.2, -0.15) is 5.10 Å². The van der Waals surface area contributed by atoms with Crippen LogP contribution >= 0.6 is 11.6 Å². The normalized spacial score (nSPS) is 15.3. The van der Waals surface area contributed by atoms with Crippen molar-refractivity contribution in [2.75, 3.05) is 25.5 Å². The van der Waals surface area contributed by atoms with E-state index in [-0.39, 0.29) is 33.8 Å². The molecule has 2 amide bonds. The molecule has 34 heavy (non-hydrogen) atoms. The molecule has 1 atom stereocenters. The van der Waals surface area contributed by atoms with Crippen LogP contribution in [0.1, 0.15) is 41.0 Å². The van der Waals surface area contributed by atoms with Gasteiger partial charge < -0.3 is 20.5 Å². The molecule has 0 aliphatic carbocycles. The van der Waals surface area contributed by atoms with E-state index in [1.807, 2.05) is 6.92 Å². The van der Waals surface area contributed by atoms with Gasteiger partial charge in [-0.05, 0) is 31.4 Å². The Labute approximate surface area is 200 Å². The lowest BCUT2D eigenvalue weighted by Gasteiger charge is -2.16. The van der Waals surface area contributed by atoms with Gasteiger partial charge in [0.2, 0.25) is 5.91 Å². The fraction of sp³-hybridized carbons (Fsp3) is 0.304. The number of anilines is 1. The van der Waals surface area contributed by atoms with Gasteiger partial charge in [0.15, 0.2) is 11.5 Å². The number of hydrogen-bond donors (Lipinski definition) is 2. The van der Waals surface area contributed by atoms with Crippen LogP contribution in [0.5, 0.6) is 0 Å². The highest BCUT2D eigenvalue weighted by molar-refractivity contribution is 6.32. The van der Waals surface area contributed by atoms with Crippen molar-refractivity contribution < 1.29 is 14.0 Å². The number of rotatable bonds is 5. The molecule has 0 bridgehead atoms. The van der Waals surface area contributed by atoms with Gasteiger partial charge in [-0.25, -0.2) is 14.1 Å². The summed E-state index contributed by atoms with van der Waals surface area (Å²) >= 11 is 6.26. The summed E-state index contributed by atoms with van der Waals surface area (Å²) in [4.78, 5) is 30.1. The molecular weight excluding hydrogens is 461 g/mol. The number of carbonyl (C=O) groups excluding carboxylic acids is 2. The number of amides is 2. The topological polar surface area (TPSA) is 111 Å². The minimum Gasteiger partial charge on any atom is -0.373 e. The molecule has 1 aromatic carbocycles. The lowest BCUT2D eigenvalue weighted by molar-refractivity contribution is -0.125. The number of nitrogens with zero attached hydrogens (tertiary/aromatic N) is 5. The van der Waals surface area contributed by atoms with Gasteiger partial charge in [0, 0.05) is 32.2 Å². The van der Waals surface area contributed by atoms with Gasteiger partial charge in [-0.15, -0.1) is 0 Å². The summed E-state index contributed by atoms with van der Waals surface area (Å²) in [5.41, 5.74) is 6.81. The molecule has 0 saturated carbocycles. The lowest BCUT2D eigenvalue weighted by Crippen LogP contribution is -2.27. The van der Waals surface area contributed by atoms with E-state index in [4.69, 9.17) is 17.3 Å². The Morgan fingerprint density at radius 1 is 1.44 bits per heavy atom. The van der Waals surface area contributed by atoms with Crippen LogP contribution in [-0.2, 0) is 11.3 Å². The second kappa shape index (κ2) is 9.19. The molecule has 1 fully saturated rings. The number of benzene rings is 1. The summed E-state index contributed by atoms with van der Waals surface area (Å²) in [6, 6.07) is 1.41. The van der Waals surface area contributed by atoms with Crippen LogP contribution in [0.3, 0.4) is 0 Å². The minimum atomic E-state index is -0.716. The van der Waals surface area contributed by atoms with Crippen molar-refractivity contribution in [3.63, 3.8) is 0 Å². The number of hydrogen-bond acceptors (Lipinski definition) is 5. The van der Waals surface area contributed by atoms with Crippen molar-refractivity contribution in [2.24, 2.45) is 5.73 Å². The van der Waals surface area contributed by atoms with E-state index in [9.17, 15) is 14.0 Å². The molecular formula is C23H23ClFN7O2. The Hall–Kier alpha value is -3.84.